The van der Waals surface area contributed by atoms with Crippen molar-refractivity contribution in [2.24, 2.45) is 0 Å². The third-order valence-electron chi connectivity index (χ3n) is 7.75. The van der Waals surface area contributed by atoms with Gasteiger partial charge in [0.25, 0.3) is 9.35 Å². The molecule has 0 spiro atoms. The Morgan fingerprint density at radius 1 is 0.889 bits per heavy atom. The van der Waals surface area contributed by atoms with E-state index in [-0.39, 0.29) is 12.6 Å². The Kier molecular flexibility index (Phi) is 8.69. The first-order valence-electron chi connectivity index (χ1n) is 13.9. The summed E-state index contributed by atoms with van der Waals surface area (Å²) in [6.07, 6.45) is -1.84. The Morgan fingerprint density at radius 3 is 2.02 bits per heavy atom. The van der Waals surface area contributed by atoms with Crippen molar-refractivity contribution < 1.29 is 28.4 Å². The first kappa shape index (κ1) is 31.2. The number of ether oxygens (including phenoxy) is 6. The second kappa shape index (κ2) is 12.5. The van der Waals surface area contributed by atoms with Gasteiger partial charge in [0.2, 0.25) is 5.90 Å². The number of hydrogen-bond acceptors (Lipinski definition) is 9. The van der Waals surface area contributed by atoms with Crippen molar-refractivity contribution in [2.45, 2.75) is 33.9 Å². The van der Waals surface area contributed by atoms with Crippen molar-refractivity contribution in [1.29, 1.82) is 5.41 Å². The van der Waals surface area contributed by atoms with Crippen LogP contribution in [0.25, 0.3) is 0 Å². The minimum Gasteiger partial charge on any atom is -0.497 e. The lowest BCUT2D eigenvalue weighted by Crippen LogP contribution is -2.44. The molecule has 2 aliphatic heterocycles. The van der Waals surface area contributed by atoms with E-state index in [1.807, 2.05) is 78.9 Å². The van der Waals surface area contributed by atoms with E-state index in [2.05, 4.69) is 4.98 Å². The zero-order chi connectivity index (χ0) is 31.8. The molecule has 0 amide bonds. The molecule has 0 bridgehead atoms. The standard InChI is InChI=1S/C32H28Cl3N3O7/c1-40-22-12-8-20(9-13-22)31(19-6-4-3-5-7-19,21-10-14-23(41-2)15-11-21)42-18-24-26(44-29(36)32(33,34)35)27-28(43-24)38-17-16-25(39)37-30(38)45-27/h3-17,24,26-28,36H,18H2,1-2H3/t24-,26-,27+,28-/m1/s1. The van der Waals surface area contributed by atoms with Crippen LogP contribution in [0.1, 0.15) is 22.9 Å². The molecule has 45 heavy (non-hydrogen) atoms. The van der Waals surface area contributed by atoms with Crippen LogP contribution >= 0.6 is 34.8 Å². The van der Waals surface area contributed by atoms with E-state index >= 15 is 0 Å². The Labute approximate surface area is 273 Å². The quantitative estimate of drug-likeness (QED) is 0.105. The summed E-state index contributed by atoms with van der Waals surface area (Å²) in [5, 5.41) is 8.31. The van der Waals surface area contributed by atoms with Gasteiger partial charge >= 0.3 is 6.01 Å². The summed E-state index contributed by atoms with van der Waals surface area (Å²) >= 11 is 18.0. The summed E-state index contributed by atoms with van der Waals surface area (Å²) in [7, 11) is 3.21. The van der Waals surface area contributed by atoms with Gasteiger partial charge in [-0.25, -0.2) is 0 Å². The fraction of sp³-hybridized carbons (Fsp3) is 0.281. The van der Waals surface area contributed by atoms with Crippen LogP contribution in [-0.2, 0) is 19.8 Å². The molecule has 0 unspecified atom stereocenters. The van der Waals surface area contributed by atoms with Gasteiger partial charge in [-0.2, -0.15) is 4.98 Å². The second-order valence-corrected chi connectivity index (χ2v) is 12.6. The largest absolute Gasteiger partial charge is 0.497 e. The molecule has 1 fully saturated rings. The topological polar surface area (TPSA) is 114 Å². The minimum atomic E-state index is -2.14. The number of fused-ring (bicyclic) bond motifs is 3. The van der Waals surface area contributed by atoms with E-state index in [4.69, 9.17) is 68.6 Å². The van der Waals surface area contributed by atoms with Crippen LogP contribution in [0.3, 0.4) is 0 Å². The average molecular weight is 673 g/mol. The number of hydrogen-bond donors (Lipinski definition) is 1. The van der Waals surface area contributed by atoms with Gasteiger partial charge in [-0.1, -0.05) is 89.4 Å². The van der Waals surface area contributed by atoms with Crippen LogP contribution in [-0.4, -0.2) is 58.4 Å². The zero-order valence-corrected chi connectivity index (χ0v) is 26.3. The highest BCUT2D eigenvalue weighted by atomic mass is 35.6. The maximum atomic E-state index is 11.9. The molecule has 4 aromatic rings. The van der Waals surface area contributed by atoms with Crippen molar-refractivity contribution in [3.63, 3.8) is 0 Å². The zero-order valence-electron chi connectivity index (χ0n) is 24.1. The van der Waals surface area contributed by atoms with Gasteiger partial charge in [0.15, 0.2) is 18.4 Å². The van der Waals surface area contributed by atoms with E-state index in [9.17, 15) is 4.79 Å². The Morgan fingerprint density at radius 2 is 1.47 bits per heavy atom. The maximum absolute atomic E-state index is 11.9. The van der Waals surface area contributed by atoms with Crippen molar-refractivity contribution in [3.8, 4) is 17.5 Å². The lowest BCUT2D eigenvalue weighted by molar-refractivity contribution is -0.0920. The molecule has 6 rings (SSSR count). The van der Waals surface area contributed by atoms with Crippen LogP contribution in [0.2, 0.25) is 0 Å². The van der Waals surface area contributed by atoms with Crippen molar-refractivity contribution >= 4 is 40.7 Å². The number of alkyl halides is 3. The number of nitrogens with one attached hydrogen (secondary N) is 1. The third kappa shape index (κ3) is 5.96. The first-order chi connectivity index (χ1) is 21.6. The monoisotopic (exact) mass is 671 g/mol. The normalized spacial score (nSPS) is 20.6. The van der Waals surface area contributed by atoms with E-state index in [0.29, 0.717) is 11.5 Å². The van der Waals surface area contributed by atoms with Gasteiger partial charge in [-0.15, -0.1) is 0 Å². The predicted molar refractivity (Wildman–Crippen MR) is 168 cm³/mol. The number of aromatic nitrogens is 2. The molecule has 3 heterocycles. The van der Waals surface area contributed by atoms with Gasteiger partial charge in [0, 0.05) is 12.3 Å². The SMILES string of the molecule is COc1ccc(C(OC[C@H]2O[C@@H]3[C@@H](Oc4nc(=O)ccn43)[C@@H]2OC(=N)C(Cl)(Cl)Cl)(c2ccccc2)c2ccc(OC)cc2)cc1. The van der Waals surface area contributed by atoms with Gasteiger partial charge in [-0.3, -0.25) is 14.8 Å². The highest BCUT2D eigenvalue weighted by Gasteiger charge is 2.55. The molecule has 13 heteroatoms. The second-order valence-electron chi connectivity index (χ2n) is 10.3. The molecular weight excluding hydrogens is 645 g/mol. The third-order valence-corrected chi connectivity index (χ3v) is 8.27. The van der Waals surface area contributed by atoms with E-state index in [0.717, 1.165) is 16.7 Å². The number of benzene rings is 3. The summed E-state index contributed by atoms with van der Waals surface area (Å²) in [5.74, 6) is 0.751. The number of nitrogens with zero attached hydrogens (tertiary/aromatic N) is 2. The maximum Gasteiger partial charge on any atom is 0.302 e. The molecule has 2 aliphatic rings. The van der Waals surface area contributed by atoms with Crippen molar-refractivity contribution in [2.75, 3.05) is 20.8 Å². The Balaban J connectivity index is 1.42. The summed E-state index contributed by atoms with van der Waals surface area (Å²) < 4.78 is 35.7. The molecule has 1 aromatic heterocycles. The van der Waals surface area contributed by atoms with Crippen LogP contribution in [0, 0.1) is 5.41 Å². The van der Waals surface area contributed by atoms with Crippen LogP contribution < -0.4 is 19.8 Å². The van der Waals surface area contributed by atoms with Gasteiger partial charge in [0.1, 0.15) is 23.2 Å². The Bertz CT molecular complexity index is 1670. The number of rotatable bonds is 9. The molecule has 0 saturated carbocycles. The summed E-state index contributed by atoms with van der Waals surface area (Å²) in [5.41, 5.74) is 0.839. The molecule has 0 aliphatic carbocycles. The first-order valence-corrected chi connectivity index (χ1v) is 15.0. The molecule has 234 valence electrons. The number of halogens is 3. The summed E-state index contributed by atoms with van der Waals surface area (Å²) in [6, 6.07) is 26.3. The fourth-order valence-corrected chi connectivity index (χ4v) is 5.75. The molecule has 0 radical (unpaired) electrons. The predicted octanol–water partition coefficient (Wildman–Crippen LogP) is 5.66. The van der Waals surface area contributed by atoms with E-state index in [1.165, 1.54) is 12.3 Å². The van der Waals surface area contributed by atoms with Gasteiger partial charge in [-0.05, 0) is 41.0 Å². The lowest BCUT2D eigenvalue weighted by Gasteiger charge is -2.37. The molecule has 10 nitrogen and oxygen atoms in total. The molecule has 4 atom stereocenters. The van der Waals surface area contributed by atoms with Gasteiger partial charge in [0.05, 0.1) is 20.8 Å². The van der Waals surface area contributed by atoms with Gasteiger partial charge < -0.3 is 28.4 Å². The summed E-state index contributed by atoms with van der Waals surface area (Å²) in [4.78, 5) is 15.8. The molecule has 1 N–H and O–H groups in total. The highest BCUT2D eigenvalue weighted by Crippen LogP contribution is 2.45. The van der Waals surface area contributed by atoms with Crippen molar-refractivity contribution in [1.82, 2.24) is 9.55 Å². The highest BCUT2D eigenvalue weighted by molar-refractivity contribution is 6.76. The van der Waals surface area contributed by atoms with E-state index < -0.39 is 45.4 Å². The Hall–Kier alpha value is -3.80. The van der Waals surface area contributed by atoms with Crippen LogP contribution in [0.5, 0.6) is 17.5 Å². The van der Waals surface area contributed by atoms with E-state index in [1.54, 1.807) is 18.8 Å². The lowest BCUT2D eigenvalue weighted by atomic mass is 9.80. The van der Waals surface area contributed by atoms with Crippen LogP contribution in [0.15, 0.2) is 95.9 Å². The number of methoxy groups -OCH3 is 2. The fourth-order valence-electron chi connectivity index (χ4n) is 5.62. The minimum absolute atomic E-state index is 0.0515. The smallest absolute Gasteiger partial charge is 0.302 e. The van der Waals surface area contributed by atoms with Crippen molar-refractivity contribution in [3.05, 3.63) is 118 Å². The average Bonchev–Trinajstić information content (AvgIpc) is 3.57. The molecular formula is C32H28Cl3N3O7. The summed E-state index contributed by atoms with van der Waals surface area (Å²) in [6.45, 7) is -0.0515. The van der Waals surface area contributed by atoms with Crippen LogP contribution in [0.4, 0.5) is 0 Å². The molecule has 3 aromatic carbocycles. The molecule has 1 saturated heterocycles.